The predicted molar refractivity (Wildman–Crippen MR) is 271 cm³/mol. The second-order valence-corrected chi connectivity index (χ2v) is 17.8. The first-order valence-electron chi connectivity index (χ1n) is 23.7. The predicted octanol–water partition coefficient (Wildman–Crippen LogP) is 13.8. The smallest absolute Gasteiger partial charge is 0.387 e. The summed E-state index contributed by atoms with van der Waals surface area (Å²) in [5, 5.41) is 13.7. The highest BCUT2D eigenvalue weighted by Gasteiger charge is 2.27. The van der Waals surface area contributed by atoms with Crippen LogP contribution in [-0.2, 0) is 18.4 Å². The molecule has 3 N–H and O–H groups in total. The molecule has 0 aliphatic heterocycles. The average Bonchev–Trinajstić information content (AvgIpc) is 3.24. The van der Waals surface area contributed by atoms with Gasteiger partial charge in [-0.1, -0.05) is 173 Å². The van der Waals surface area contributed by atoms with Crippen molar-refractivity contribution in [2.75, 3.05) is 40.9 Å². The topological polar surface area (TPSA) is 105 Å². The van der Waals surface area contributed by atoms with Crippen molar-refractivity contribution in [3.05, 3.63) is 146 Å². The standard InChI is InChI=1S/C54H87N2O6P/c1-6-8-10-12-14-16-17-18-19-20-21-22-23-24-25-26-27-28-29-30-31-32-33-34-35-36-37-38-39-40-42-44-46-48-54(58)55-52(51-62-63(59,60)61-50-49-56(3,4)5)53(57)47-45-43-41-15-13-11-9-7-2/h8,10,13-16,18-19,21-22,24-25,27-28,30-31,33-34,36-37,39-40,45,47,52-53,57H,6-7,9,11-12,17,20,23,26,29,32,35,38,41-44,46,48-51H2,1-5H3,(H-,55,58,59,60)/p+1/b10-8-,15-13+,16-14-,19-18-,22-21-,25-24-,28-27-,31-30-,34-33-,37-36-,40-39-,47-45+. The molecule has 0 aromatic rings. The summed E-state index contributed by atoms with van der Waals surface area (Å²) >= 11 is 0. The average molecular weight is 892 g/mol. The summed E-state index contributed by atoms with van der Waals surface area (Å²) in [6.45, 7) is 4.52. The van der Waals surface area contributed by atoms with Gasteiger partial charge in [0.15, 0.2) is 0 Å². The first kappa shape index (κ1) is 59.4. The molecule has 1 amide bonds. The Morgan fingerprint density at radius 2 is 0.952 bits per heavy atom. The van der Waals surface area contributed by atoms with Crippen molar-refractivity contribution in [3.63, 3.8) is 0 Å². The lowest BCUT2D eigenvalue weighted by Crippen LogP contribution is -2.45. The van der Waals surface area contributed by atoms with Gasteiger partial charge in [0, 0.05) is 6.42 Å². The number of nitrogens with one attached hydrogen (secondary N) is 1. The number of nitrogens with zero attached hydrogens (tertiary/aromatic N) is 1. The third-order valence-corrected chi connectivity index (χ3v) is 10.3. The van der Waals surface area contributed by atoms with E-state index in [1.165, 1.54) is 6.42 Å². The number of phosphoric acid groups is 1. The monoisotopic (exact) mass is 892 g/mol. The first-order valence-corrected chi connectivity index (χ1v) is 25.2. The summed E-state index contributed by atoms with van der Waals surface area (Å²) in [5.74, 6) is -0.242. The number of phosphoric ester groups is 1. The van der Waals surface area contributed by atoms with Gasteiger partial charge < -0.3 is 19.8 Å². The quantitative estimate of drug-likeness (QED) is 0.0245. The molecule has 9 heteroatoms. The number of carbonyl (C=O) groups is 1. The summed E-state index contributed by atoms with van der Waals surface area (Å²) in [6.07, 6.45) is 68.2. The van der Waals surface area contributed by atoms with Gasteiger partial charge in [-0.05, 0) is 103 Å². The van der Waals surface area contributed by atoms with Gasteiger partial charge >= 0.3 is 7.82 Å². The normalized spacial score (nSPS) is 15.5. The van der Waals surface area contributed by atoms with E-state index in [-0.39, 0.29) is 25.5 Å². The first-order chi connectivity index (χ1) is 30.5. The van der Waals surface area contributed by atoms with Crippen molar-refractivity contribution < 1.29 is 32.9 Å². The number of rotatable bonds is 40. The lowest BCUT2D eigenvalue weighted by Gasteiger charge is -2.25. The highest BCUT2D eigenvalue weighted by Crippen LogP contribution is 2.43. The summed E-state index contributed by atoms with van der Waals surface area (Å²) in [4.78, 5) is 23.0. The van der Waals surface area contributed by atoms with E-state index in [4.69, 9.17) is 9.05 Å². The number of carbonyl (C=O) groups excluding carboxylic acids is 1. The number of aliphatic hydroxyl groups excluding tert-OH is 1. The summed E-state index contributed by atoms with van der Waals surface area (Å²) in [5.41, 5.74) is 0. The van der Waals surface area contributed by atoms with Crippen LogP contribution in [0.5, 0.6) is 0 Å². The molecular weight excluding hydrogens is 804 g/mol. The fraction of sp³-hybridized carbons (Fsp3) is 0.537. The van der Waals surface area contributed by atoms with Gasteiger partial charge in [-0.15, -0.1) is 0 Å². The number of amides is 1. The van der Waals surface area contributed by atoms with E-state index in [0.717, 1.165) is 103 Å². The Bertz CT molecular complexity index is 1520. The largest absolute Gasteiger partial charge is 0.472 e. The molecule has 3 unspecified atom stereocenters. The van der Waals surface area contributed by atoms with Crippen LogP contribution in [0.4, 0.5) is 0 Å². The van der Waals surface area contributed by atoms with Crippen molar-refractivity contribution in [2.24, 2.45) is 0 Å². The Labute approximate surface area is 385 Å². The van der Waals surface area contributed by atoms with Gasteiger partial charge in [-0.2, -0.15) is 0 Å². The maximum Gasteiger partial charge on any atom is 0.472 e. The number of likely N-dealkylation sites (N-methyl/N-ethyl adjacent to an activating group) is 1. The van der Waals surface area contributed by atoms with Crippen LogP contribution in [-0.4, -0.2) is 73.4 Å². The van der Waals surface area contributed by atoms with Crippen molar-refractivity contribution in [1.82, 2.24) is 5.32 Å². The van der Waals surface area contributed by atoms with E-state index >= 15 is 0 Å². The molecule has 0 radical (unpaired) electrons. The molecule has 0 spiro atoms. The maximum absolute atomic E-state index is 12.8. The number of hydrogen-bond donors (Lipinski definition) is 3. The summed E-state index contributed by atoms with van der Waals surface area (Å²) in [7, 11) is 1.49. The zero-order valence-electron chi connectivity index (χ0n) is 40.0. The third kappa shape index (κ3) is 46.2. The minimum Gasteiger partial charge on any atom is -0.387 e. The molecule has 0 saturated carbocycles. The molecule has 354 valence electrons. The molecule has 0 aliphatic rings. The van der Waals surface area contributed by atoms with E-state index < -0.39 is 20.0 Å². The number of hydrogen-bond acceptors (Lipinski definition) is 5. The molecule has 0 rings (SSSR count). The minimum absolute atomic E-state index is 0.0381. The Morgan fingerprint density at radius 3 is 1.40 bits per heavy atom. The lowest BCUT2D eigenvalue weighted by molar-refractivity contribution is -0.870. The van der Waals surface area contributed by atoms with Gasteiger partial charge in [0.25, 0.3) is 0 Å². The highest BCUT2D eigenvalue weighted by atomic mass is 31.2. The van der Waals surface area contributed by atoms with E-state index in [0.29, 0.717) is 17.4 Å². The number of quaternary nitrogens is 1. The Morgan fingerprint density at radius 1 is 0.556 bits per heavy atom. The Kier molecular flexibility index (Phi) is 41.1. The second kappa shape index (κ2) is 43.6. The van der Waals surface area contributed by atoms with E-state index in [9.17, 15) is 19.4 Å². The zero-order valence-corrected chi connectivity index (χ0v) is 40.9. The minimum atomic E-state index is -4.36. The number of unbranched alkanes of at least 4 members (excludes halogenated alkanes) is 5. The van der Waals surface area contributed by atoms with Gasteiger partial charge in [-0.3, -0.25) is 13.8 Å². The maximum atomic E-state index is 12.8. The molecule has 0 aromatic carbocycles. The van der Waals surface area contributed by atoms with Crippen LogP contribution in [0.2, 0.25) is 0 Å². The highest BCUT2D eigenvalue weighted by molar-refractivity contribution is 7.47. The molecule has 0 aromatic heterocycles. The van der Waals surface area contributed by atoms with E-state index in [2.05, 4.69) is 153 Å². The molecule has 0 fully saturated rings. The van der Waals surface area contributed by atoms with Crippen LogP contribution in [0.25, 0.3) is 0 Å². The van der Waals surface area contributed by atoms with Crippen LogP contribution >= 0.6 is 7.82 Å². The van der Waals surface area contributed by atoms with Crippen molar-refractivity contribution in [1.29, 1.82) is 0 Å². The van der Waals surface area contributed by atoms with Gasteiger partial charge in [0.05, 0.1) is 39.9 Å². The van der Waals surface area contributed by atoms with Crippen LogP contribution in [0.1, 0.15) is 136 Å². The van der Waals surface area contributed by atoms with Crippen LogP contribution in [0.3, 0.4) is 0 Å². The lowest BCUT2D eigenvalue weighted by atomic mass is 10.1. The second-order valence-electron chi connectivity index (χ2n) is 16.4. The fourth-order valence-corrected chi connectivity index (χ4v) is 6.27. The molecule has 0 saturated heterocycles. The molecule has 0 aliphatic carbocycles. The van der Waals surface area contributed by atoms with Crippen molar-refractivity contribution >= 4 is 13.7 Å². The number of aliphatic hydroxyl groups is 1. The van der Waals surface area contributed by atoms with Gasteiger partial charge in [0.1, 0.15) is 13.2 Å². The van der Waals surface area contributed by atoms with Crippen LogP contribution < -0.4 is 5.32 Å². The molecule has 0 bridgehead atoms. The molecule has 3 atom stereocenters. The van der Waals surface area contributed by atoms with E-state index in [1.54, 1.807) is 6.08 Å². The Hall–Kier alpha value is -3.62. The molecule has 0 heterocycles. The number of allylic oxidation sites excluding steroid dienone is 23. The summed E-state index contributed by atoms with van der Waals surface area (Å²) in [6, 6.07) is -0.895. The third-order valence-electron chi connectivity index (χ3n) is 9.29. The van der Waals surface area contributed by atoms with E-state index in [1.807, 2.05) is 27.2 Å². The van der Waals surface area contributed by atoms with Gasteiger partial charge in [0.2, 0.25) is 5.91 Å². The molecular formula is C54H88N2O6P+. The van der Waals surface area contributed by atoms with Crippen molar-refractivity contribution in [3.8, 4) is 0 Å². The Balaban J connectivity index is 4.29. The zero-order chi connectivity index (χ0) is 46.4. The molecule has 63 heavy (non-hydrogen) atoms. The van der Waals surface area contributed by atoms with Gasteiger partial charge in [-0.25, -0.2) is 4.57 Å². The van der Waals surface area contributed by atoms with Crippen molar-refractivity contribution in [2.45, 2.75) is 148 Å². The SMILES string of the molecule is CC/C=C\C/C=C\C/C=C\C/C=C\C/C=C\C/C=C\C/C=C\C/C=C\C/C=C\C/C=C\CCCCC(=O)NC(COP(=O)(O)OCC[N+](C)(C)C)C(O)/C=C/CC/C=C/CCCC. The molecule has 8 nitrogen and oxygen atoms in total. The summed E-state index contributed by atoms with van der Waals surface area (Å²) < 4.78 is 23.4. The van der Waals surface area contributed by atoms with Crippen LogP contribution in [0.15, 0.2) is 146 Å². The van der Waals surface area contributed by atoms with Crippen LogP contribution in [0, 0.1) is 0 Å². The fourth-order valence-electron chi connectivity index (χ4n) is 5.54.